The Morgan fingerprint density at radius 2 is 1.43 bits per heavy atom. The Hall–Kier alpha value is -5.16. The van der Waals surface area contributed by atoms with Gasteiger partial charge >= 0.3 is 0 Å². The van der Waals surface area contributed by atoms with Gasteiger partial charge in [-0.2, -0.15) is 5.10 Å². The molecule has 0 radical (unpaired) electrons. The van der Waals surface area contributed by atoms with Crippen molar-refractivity contribution in [3.05, 3.63) is 120 Å². The maximum Gasteiger partial charge on any atom is 0.264 e. The fraction of sp³-hybridized carbons (Fsp3) is 0.129. The fourth-order valence-corrected chi connectivity index (χ4v) is 5.22. The van der Waals surface area contributed by atoms with Crippen LogP contribution in [0.5, 0.6) is 11.5 Å². The molecule has 0 heterocycles. The van der Waals surface area contributed by atoms with Crippen LogP contribution in [0.25, 0.3) is 0 Å². The summed E-state index contributed by atoms with van der Waals surface area (Å²) in [6, 6.07) is 30.5. The highest BCUT2D eigenvalue weighted by Gasteiger charge is 2.27. The zero-order chi connectivity index (χ0) is 29.8. The molecule has 11 heteroatoms. The number of anilines is 1. The third-order valence-corrected chi connectivity index (χ3v) is 7.75. The summed E-state index contributed by atoms with van der Waals surface area (Å²) in [5.41, 5.74) is 4.32. The lowest BCUT2D eigenvalue weighted by Gasteiger charge is -2.23. The second-order valence-electron chi connectivity index (χ2n) is 8.94. The number of methoxy groups -OCH3 is 1. The molecule has 0 atom stereocenters. The molecule has 0 bridgehead atoms. The average Bonchev–Trinajstić information content (AvgIpc) is 3.03. The Morgan fingerprint density at radius 3 is 2.07 bits per heavy atom. The first-order valence-corrected chi connectivity index (χ1v) is 14.4. The van der Waals surface area contributed by atoms with E-state index in [0.29, 0.717) is 29.3 Å². The molecule has 0 saturated carbocycles. The number of rotatable bonds is 13. The molecule has 0 spiro atoms. The van der Waals surface area contributed by atoms with E-state index in [2.05, 4.69) is 15.8 Å². The molecule has 0 aliphatic heterocycles. The summed E-state index contributed by atoms with van der Waals surface area (Å²) in [4.78, 5) is 24.9. The Balaban J connectivity index is 1.32. The molecule has 0 aromatic heterocycles. The van der Waals surface area contributed by atoms with Crippen LogP contribution >= 0.6 is 0 Å². The van der Waals surface area contributed by atoms with Crippen LogP contribution < -0.4 is 24.5 Å². The van der Waals surface area contributed by atoms with Crippen molar-refractivity contribution in [3.8, 4) is 11.5 Å². The van der Waals surface area contributed by atoms with Gasteiger partial charge in [0, 0.05) is 6.54 Å². The first kappa shape index (κ1) is 29.8. The Kier molecular flexibility index (Phi) is 10.3. The second kappa shape index (κ2) is 14.5. The van der Waals surface area contributed by atoms with Gasteiger partial charge in [0.1, 0.15) is 18.0 Å². The average molecular weight is 587 g/mol. The van der Waals surface area contributed by atoms with E-state index in [9.17, 15) is 18.0 Å². The molecule has 0 fully saturated rings. The minimum Gasteiger partial charge on any atom is -0.497 e. The summed E-state index contributed by atoms with van der Waals surface area (Å²) < 4.78 is 38.5. The highest BCUT2D eigenvalue weighted by Crippen LogP contribution is 2.25. The van der Waals surface area contributed by atoms with Crippen molar-refractivity contribution >= 4 is 33.7 Å². The van der Waals surface area contributed by atoms with E-state index < -0.39 is 22.5 Å². The summed E-state index contributed by atoms with van der Waals surface area (Å²) in [6.07, 6.45) is 1.41. The van der Waals surface area contributed by atoms with Crippen LogP contribution in [0.1, 0.15) is 11.1 Å². The van der Waals surface area contributed by atoms with Gasteiger partial charge in [-0.1, -0.05) is 48.5 Å². The monoisotopic (exact) mass is 586 g/mol. The van der Waals surface area contributed by atoms with Gasteiger partial charge < -0.3 is 14.8 Å². The molecular formula is C31H30N4O6S. The number of ether oxygens (including phenoxy) is 2. The van der Waals surface area contributed by atoms with E-state index in [1.165, 1.54) is 25.5 Å². The largest absolute Gasteiger partial charge is 0.497 e. The predicted octanol–water partition coefficient (Wildman–Crippen LogP) is 3.74. The van der Waals surface area contributed by atoms with Gasteiger partial charge in [-0.05, 0) is 71.8 Å². The van der Waals surface area contributed by atoms with Crippen LogP contribution in [-0.2, 0) is 26.2 Å². The van der Waals surface area contributed by atoms with Crippen LogP contribution in [0, 0.1) is 0 Å². The number of hydrazone groups is 1. The van der Waals surface area contributed by atoms with E-state index in [-0.39, 0.29) is 17.4 Å². The lowest BCUT2D eigenvalue weighted by molar-refractivity contribution is -0.123. The highest BCUT2D eigenvalue weighted by molar-refractivity contribution is 7.92. The molecule has 0 aliphatic carbocycles. The first-order valence-electron chi connectivity index (χ1n) is 12.9. The highest BCUT2D eigenvalue weighted by atomic mass is 32.2. The minimum atomic E-state index is -4.04. The quantitative estimate of drug-likeness (QED) is 0.182. The standard InChI is InChI=1S/C31H30N4O6S/c1-40-27-18-14-26(15-19-27)35(42(38,39)29-10-6-3-7-11-29)22-30(36)34-33-21-25-12-16-28(17-13-25)41-23-31(37)32-20-24-8-4-2-5-9-24/h2-19,21H,20,22-23H2,1H3,(H,32,37)(H,34,36)/b33-21-. The molecule has 0 unspecified atom stereocenters. The number of nitrogens with one attached hydrogen (secondary N) is 2. The Labute approximate surface area is 244 Å². The molecule has 4 aromatic carbocycles. The number of hydrogen-bond acceptors (Lipinski definition) is 7. The first-order chi connectivity index (χ1) is 20.3. The van der Waals surface area contributed by atoms with E-state index in [1.54, 1.807) is 66.7 Å². The Bertz CT molecular complexity index is 1600. The maximum absolute atomic E-state index is 13.4. The second-order valence-corrected chi connectivity index (χ2v) is 10.8. The molecule has 42 heavy (non-hydrogen) atoms. The molecule has 4 aromatic rings. The summed E-state index contributed by atoms with van der Waals surface area (Å²) >= 11 is 0. The number of nitrogens with zero attached hydrogens (tertiary/aromatic N) is 2. The van der Waals surface area contributed by atoms with Crippen molar-refractivity contribution in [2.45, 2.75) is 11.4 Å². The van der Waals surface area contributed by atoms with Gasteiger partial charge in [-0.25, -0.2) is 13.8 Å². The van der Waals surface area contributed by atoms with Crippen molar-refractivity contribution < 1.29 is 27.5 Å². The van der Waals surface area contributed by atoms with Crippen LogP contribution in [-0.4, -0.2) is 46.7 Å². The van der Waals surface area contributed by atoms with Gasteiger partial charge in [0.2, 0.25) is 0 Å². The summed E-state index contributed by atoms with van der Waals surface area (Å²) in [5, 5.41) is 6.75. The van der Waals surface area contributed by atoms with Gasteiger partial charge in [0.25, 0.3) is 21.8 Å². The molecular weight excluding hydrogens is 556 g/mol. The number of carbonyl (C=O) groups excluding carboxylic acids is 2. The summed E-state index contributed by atoms with van der Waals surface area (Å²) in [5.74, 6) is 0.160. The topological polar surface area (TPSA) is 126 Å². The van der Waals surface area contributed by atoms with E-state index in [4.69, 9.17) is 9.47 Å². The van der Waals surface area contributed by atoms with E-state index in [0.717, 1.165) is 9.87 Å². The third kappa shape index (κ3) is 8.42. The van der Waals surface area contributed by atoms with E-state index in [1.807, 2.05) is 30.3 Å². The van der Waals surface area contributed by atoms with Gasteiger partial charge in [-0.3, -0.25) is 13.9 Å². The third-order valence-electron chi connectivity index (χ3n) is 5.96. The van der Waals surface area contributed by atoms with Gasteiger partial charge in [0.05, 0.1) is 23.9 Å². The number of benzene rings is 4. The molecule has 4 rings (SSSR count). The minimum absolute atomic E-state index is 0.0492. The molecule has 2 N–H and O–H groups in total. The SMILES string of the molecule is COc1ccc(N(CC(=O)N/N=C\c2ccc(OCC(=O)NCc3ccccc3)cc2)S(=O)(=O)c2ccccc2)cc1. The number of carbonyl (C=O) groups is 2. The van der Waals surface area contributed by atoms with Crippen molar-refractivity contribution in [2.24, 2.45) is 5.10 Å². The molecule has 0 saturated heterocycles. The summed E-state index contributed by atoms with van der Waals surface area (Å²) in [7, 11) is -2.54. The zero-order valence-corrected chi connectivity index (χ0v) is 23.7. The van der Waals surface area contributed by atoms with Crippen molar-refractivity contribution in [2.75, 3.05) is 24.6 Å². The zero-order valence-electron chi connectivity index (χ0n) is 22.8. The van der Waals surface area contributed by atoms with Gasteiger partial charge in [-0.15, -0.1) is 0 Å². The molecule has 10 nitrogen and oxygen atoms in total. The smallest absolute Gasteiger partial charge is 0.264 e. The van der Waals surface area contributed by atoms with Crippen molar-refractivity contribution in [1.82, 2.24) is 10.7 Å². The number of hydrogen-bond donors (Lipinski definition) is 2. The summed E-state index contributed by atoms with van der Waals surface area (Å²) in [6.45, 7) is -0.215. The van der Waals surface area contributed by atoms with E-state index >= 15 is 0 Å². The van der Waals surface area contributed by atoms with Crippen LogP contribution in [0.4, 0.5) is 5.69 Å². The molecule has 2 amide bonds. The lowest BCUT2D eigenvalue weighted by atomic mass is 10.2. The fourth-order valence-electron chi connectivity index (χ4n) is 3.77. The van der Waals surface area contributed by atoms with Crippen LogP contribution in [0.15, 0.2) is 119 Å². The lowest BCUT2D eigenvalue weighted by Crippen LogP contribution is -2.39. The molecule has 0 aliphatic rings. The maximum atomic E-state index is 13.4. The van der Waals surface area contributed by atoms with Crippen molar-refractivity contribution in [1.29, 1.82) is 0 Å². The van der Waals surface area contributed by atoms with Gasteiger partial charge in [0.15, 0.2) is 6.61 Å². The number of amides is 2. The Morgan fingerprint density at radius 1 is 0.810 bits per heavy atom. The van der Waals surface area contributed by atoms with Crippen molar-refractivity contribution in [3.63, 3.8) is 0 Å². The predicted molar refractivity (Wildman–Crippen MR) is 160 cm³/mol. The van der Waals surface area contributed by atoms with Crippen LogP contribution in [0.2, 0.25) is 0 Å². The normalized spacial score (nSPS) is 11.1. The number of sulfonamides is 1. The van der Waals surface area contributed by atoms with Crippen LogP contribution in [0.3, 0.4) is 0 Å². The molecule has 216 valence electrons.